The molecule has 0 amide bonds. The number of rotatable bonds is 5. The Kier molecular flexibility index (Phi) is 4.57. The second kappa shape index (κ2) is 5.98. The zero-order valence-electron chi connectivity index (χ0n) is 8.12. The summed E-state index contributed by atoms with van der Waals surface area (Å²) in [5.74, 6) is 4.47. The van der Waals surface area contributed by atoms with Crippen LogP contribution in [0.15, 0.2) is 11.1 Å². The topological polar surface area (TPSA) is 83.8 Å². The van der Waals surface area contributed by atoms with Crippen molar-refractivity contribution in [2.24, 2.45) is 0 Å². The van der Waals surface area contributed by atoms with Gasteiger partial charge in [0.05, 0.1) is 12.1 Å². The van der Waals surface area contributed by atoms with E-state index in [-0.39, 0.29) is 11.2 Å². The Morgan fingerprint density at radius 2 is 2.53 bits per heavy atom. The standard InChI is InChI=1S/C9H12N4OS/c1-2-4-15-5-3-11-8-7(10)9(14)13-6-12-8/h1,6H,3-5,10H2,(H2,11,12,13,14). The molecule has 5 nitrogen and oxygen atoms in total. The van der Waals surface area contributed by atoms with E-state index in [0.717, 1.165) is 5.75 Å². The van der Waals surface area contributed by atoms with Crippen molar-refractivity contribution in [3.8, 4) is 12.3 Å². The first-order valence-electron chi connectivity index (χ1n) is 4.34. The number of anilines is 2. The lowest BCUT2D eigenvalue weighted by Gasteiger charge is -2.05. The number of nitrogens with one attached hydrogen (secondary N) is 2. The number of H-pyrrole nitrogens is 1. The molecule has 0 saturated heterocycles. The highest BCUT2D eigenvalue weighted by atomic mass is 32.2. The summed E-state index contributed by atoms with van der Waals surface area (Å²) in [4.78, 5) is 17.4. The summed E-state index contributed by atoms with van der Waals surface area (Å²) in [5.41, 5.74) is 5.30. The van der Waals surface area contributed by atoms with Crippen LogP contribution in [0.4, 0.5) is 11.5 Å². The van der Waals surface area contributed by atoms with E-state index >= 15 is 0 Å². The Morgan fingerprint density at radius 3 is 3.27 bits per heavy atom. The van der Waals surface area contributed by atoms with Crippen molar-refractivity contribution in [2.45, 2.75) is 0 Å². The van der Waals surface area contributed by atoms with Crippen molar-refractivity contribution in [1.29, 1.82) is 0 Å². The molecule has 4 N–H and O–H groups in total. The van der Waals surface area contributed by atoms with Crippen LogP contribution in [0.25, 0.3) is 0 Å². The van der Waals surface area contributed by atoms with Crippen molar-refractivity contribution in [1.82, 2.24) is 9.97 Å². The molecule has 0 radical (unpaired) electrons. The second-order valence-corrected chi connectivity index (χ2v) is 3.78. The Bertz CT molecular complexity index is 409. The Hall–Kier alpha value is -1.61. The molecule has 1 rings (SSSR count). The molecule has 0 atom stereocenters. The minimum Gasteiger partial charge on any atom is -0.391 e. The van der Waals surface area contributed by atoms with Gasteiger partial charge in [-0.05, 0) is 0 Å². The predicted octanol–water partition coefficient (Wildman–Crippen LogP) is 0.130. The molecule has 1 aromatic heterocycles. The Morgan fingerprint density at radius 1 is 1.73 bits per heavy atom. The third-order valence-electron chi connectivity index (χ3n) is 1.61. The van der Waals surface area contributed by atoms with Crippen LogP contribution in [-0.2, 0) is 0 Å². The van der Waals surface area contributed by atoms with E-state index in [1.807, 2.05) is 0 Å². The van der Waals surface area contributed by atoms with Gasteiger partial charge in [0.2, 0.25) is 0 Å². The number of aromatic amines is 1. The van der Waals surface area contributed by atoms with E-state index < -0.39 is 0 Å². The molecular formula is C9H12N4OS. The average Bonchev–Trinajstić information content (AvgIpc) is 2.24. The van der Waals surface area contributed by atoms with Gasteiger partial charge < -0.3 is 16.0 Å². The third kappa shape index (κ3) is 3.56. The monoisotopic (exact) mass is 224 g/mol. The second-order valence-electron chi connectivity index (χ2n) is 2.68. The van der Waals surface area contributed by atoms with Gasteiger partial charge in [0.1, 0.15) is 5.69 Å². The fourth-order valence-corrected chi connectivity index (χ4v) is 1.43. The van der Waals surface area contributed by atoms with Crippen molar-refractivity contribution in [2.75, 3.05) is 29.1 Å². The summed E-state index contributed by atoms with van der Waals surface area (Å²) in [6, 6.07) is 0. The maximum absolute atomic E-state index is 11.1. The van der Waals surface area contributed by atoms with Crippen LogP contribution >= 0.6 is 11.8 Å². The van der Waals surface area contributed by atoms with Crippen LogP contribution < -0.4 is 16.6 Å². The third-order valence-corrected chi connectivity index (χ3v) is 2.48. The van der Waals surface area contributed by atoms with Crippen molar-refractivity contribution in [3.05, 3.63) is 16.7 Å². The van der Waals surface area contributed by atoms with Gasteiger partial charge in [0, 0.05) is 12.3 Å². The summed E-state index contributed by atoms with van der Waals surface area (Å²) < 4.78 is 0. The van der Waals surface area contributed by atoms with E-state index in [1.54, 1.807) is 11.8 Å². The number of hydrogen-bond donors (Lipinski definition) is 3. The molecule has 0 spiro atoms. The molecule has 0 aliphatic heterocycles. The summed E-state index contributed by atoms with van der Waals surface area (Å²) >= 11 is 1.63. The Labute approximate surface area is 91.9 Å². The molecule has 0 bridgehead atoms. The zero-order chi connectivity index (χ0) is 11.1. The zero-order valence-corrected chi connectivity index (χ0v) is 8.93. The van der Waals surface area contributed by atoms with Crippen LogP contribution in [0, 0.1) is 12.3 Å². The van der Waals surface area contributed by atoms with Gasteiger partial charge >= 0.3 is 0 Å². The average molecular weight is 224 g/mol. The van der Waals surface area contributed by atoms with Crippen molar-refractivity contribution in [3.63, 3.8) is 0 Å². The highest BCUT2D eigenvalue weighted by Crippen LogP contribution is 2.07. The van der Waals surface area contributed by atoms with Gasteiger partial charge in [0.15, 0.2) is 5.82 Å². The number of terminal acetylenes is 1. The minimum absolute atomic E-state index is 0.111. The number of nitrogens with zero attached hydrogens (tertiary/aromatic N) is 1. The number of aromatic nitrogens is 2. The van der Waals surface area contributed by atoms with E-state index in [2.05, 4.69) is 21.2 Å². The molecule has 1 heterocycles. The molecule has 80 valence electrons. The molecule has 0 unspecified atom stereocenters. The molecular weight excluding hydrogens is 212 g/mol. The van der Waals surface area contributed by atoms with E-state index in [1.165, 1.54) is 6.33 Å². The van der Waals surface area contributed by atoms with Gasteiger partial charge in [-0.15, -0.1) is 18.2 Å². The molecule has 1 aromatic rings. The molecule has 0 saturated carbocycles. The number of hydrogen-bond acceptors (Lipinski definition) is 5. The normalized spacial score (nSPS) is 9.53. The molecule has 0 aliphatic rings. The fourth-order valence-electron chi connectivity index (χ4n) is 0.924. The first-order valence-corrected chi connectivity index (χ1v) is 5.49. The minimum atomic E-state index is -0.330. The molecule has 0 aliphatic carbocycles. The maximum atomic E-state index is 11.1. The Balaban J connectivity index is 2.42. The lowest BCUT2D eigenvalue weighted by molar-refractivity contribution is 1.09. The first kappa shape index (κ1) is 11.5. The highest BCUT2D eigenvalue weighted by Gasteiger charge is 2.02. The number of thioether (sulfide) groups is 1. The van der Waals surface area contributed by atoms with Gasteiger partial charge in [-0.25, -0.2) is 4.98 Å². The van der Waals surface area contributed by atoms with Crippen LogP contribution in [0.1, 0.15) is 0 Å². The SMILES string of the molecule is C#CCSCCNc1nc[nH]c(=O)c1N. The van der Waals surface area contributed by atoms with E-state index in [0.29, 0.717) is 18.1 Å². The summed E-state index contributed by atoms with van der Waals surface area (Å²) in [6.07, 6.45) is 6.41. The van der Waals surface area contributed by atoms with Crippen molar-refractivity contribution >= 4 is 23.3 Å². The molecule has 0 aromatic carbocycles. The van der Waals surface area contributed by atoms with E-state index in [4.69, 9.17) is 12.2 Å². The van der Waals surface area contributed by atoms with Crippen LogP contribution in [0.3, 0.4) is 0 Å². The largest absolute Gasteiger partial charge is 0.391 e. The summed E-state index contributed by atoms with van der Waals surface area (Å²) in [7, 11) is 0. The smallest absolute Gasteiger partial charge is 0.276 e. The lowest BCUT2D eigenvalue weighted by Crippen LogP contribution is -2.17. The van der Waals surface area contributed by atoms with Crippen LogP contribution in [-0.4, -0.2) is 28.0 Å². The highest BCUT2D eigenvalue weighted by molar-refractivity contribution is 7.99. The van der Waals surface area contributed by atoms with Crippen LogP contribution in [0.2, 0.25) is 0 Å². The molecule has 6 heteroatoms. The lowest BCUT2D eigenvalue weighted by atomic mass is 10.5. The predicted molar refractivity (Wildman–Crippen MR) is 63.9 cm³/mol. The summed E-state index contributed by atoms with van der Waals surface area (Å²) in [6.45, 7) is 0.674. The summed E-state index contributed by atoms with van der Waals surface area (Å²) in [5, 5.41) is 2.97. The van der Waals surface area contributed by atoms with E-state index in [9.17, 15) is 4.79 Å². The van der Waals surface area contributed by atoms with Gasteiger partial charge in [0.25, 0.3) is 5.56 Å². The molecule has 0 fully saturated rings. The molecule has 15 heavy (non-hydrogen) atoms. The van der Waals surface area contributed by atoms with Gasteiger partial charge in [-0.2, -0.15) is 0 Å². The quantitative estimate of drug-likeness (QED) is 0.489. The number of nitrogen functional groups attached to an aromatic ring is 1. The van der Waals surface area contributed by atoms with Gasteiger partial charge in [-0.1, -0.05) is 5.92 Å². The van der Waals surface area contributed by atoms with Gasteiger partial charge in [-0.3, -0.25) is 4.79 Å². The number of nitrogens with two attached hydrogens (primary N) is 1. The fraction of sp³-hybridized carbons (Fsp3) is 0.333. The van der Waals surface area contributed by atoms with Crippen LogP contribution in [0.5, 0.6) is 0 Å². The van der Waals surface area contributed by atoms with Crippen molar-refractivity contribution < 1.29 is 0 Å². The maximum Gasteiger partial charge on any atom is 0.276 e. The first-order chi connectivity index (χ1) is 7.25.